The molecule has 124 valence electrons. The maximum Gasteiger partial charge on any atom is 0.307 e. The quantitative estimate of drug-likeness (QED) is 0.884. The summed E-state index contributed by atoms with van der Waals surface area (Å²) in [7, 11) is 0. The van der Waals surface area contributed by atoms with E-state index in [1.807, 2.05) is 31.2 Å². The molecule has 0 spiro atoms. The summed E-state index contributed by atoms with van der Waals surface area (Å²) in [6, 6.07) is 11.9. The van der Waals surface area contributed by atoms with Gasteiger partial charge < -0.3 is 10.4 Å². The van der Waals surface area contributed by atoms with Crippen molar-refractivity contribution in [1.82, 2.24) is 0 Å². The van der Waals surface area contributed by atoms with Gasteiger partial charge in [-0.1, -0.05) is 35.9 Å². The van der Waals surface area contributed by atoms with Crippen molar-refractivity contribution in [2.75, 3.05) is 5.32 Å². The lowest BCUT2D eigenvalue weighted by Crippen LogP contribution is -2.28. The molecule has 4 nitrogen and oxygen atoms in total. The first kappa shape index (κ1) is 16.2. The van der Waals surface area contributed by atoms with E-state index in [-0.39, 0.29) is 17.9 Å². The predicted molar refractivity (Wildman–Crippen MR) is 88.5 cm³/mol. The van der Waals surface area contributed by atoms with Crippen LogP contribution in [0.5, 0.6) is 0 Å². The summed E-state index contributed by atoms with van der Waals surface area (Å²) in [6.07, 6.45) is 1.15. The summed E-state index contributed by atoms with van der Waals surface area (Å²) < 4.78 is 13.9. The first-order valence-corrected chi connectivity index (χ1v) is 7.79. The predicted octanol–water partition coefficient (Wildman–Crippen LogP) is 3.43. The third-order valence-corrected chi connectivity index (χ3v) is 4.41. The molecule has 1 saturated carbocycles. The molecule has 0 unspecified atom stereocenters. The molecule has 0 atom stereocenters. The summed E-state index contributed by atoms with van der Waals surface area (Å²) >= 11 is 0. The van der Waals surface area contributed by atoms with Gasteiger partial charge in [-0.15, -0.1) is 0 Å². The number of carboxylic acids is 1. The second kappa shape index (κ2) is 6.07. The summed E-state index contributed by atoms with van der Waals surface area (Å²) in [6.45, 7) is 1.98. The van der Waals surface area contributed by atoms with E-state index in [2.05, 4.69) is 5.32 Å². The Bertz CT molecular complexity index is 812. The van der Waals surface area contributed by atoms with Gasteiger partial charge in [0.05, 0.1) is 11.8 Å². The van der Waals surface area contributed by atoms with Gasteiger partial charge >= 0.3 is 5.97 Å². The monoisotopic (exact) mass is 327 g/mol. The molecule has 1 fully saturated rings. The average molecular weight is 327 g/mol. The molecule has 0 aliphatic heterocycles. The molecule has 1 aliphatic rings. The van der Waals surface area contributed by atoms with Crippen molar-refractivity contribution >= 4 is 17.6 Å². The van der Waals surface area contributed by atoms with Crippen LogP contribution in [0.15, 0.2) is 42.5 Å². The fraction of sp³-hybridized carbons (Fsp3) is 0.263. The van der Waals surface area contributed by atoms with E-state index in [0.717, 1.165) is 24.0 Å². The van der Waals surface area contributed by atoms with Gasteiger partial charge in [-0.2, -0.15) is 0 Å². The van der Waals surface area contributed by atoms with E-state index >= 15 is 0 Å². The third kappa shape index (κ3) is 3.15. The van der Waals surface area contributed by atoms with Crippen molar-refractivity contribution in [3.05, 3.63) is 65.0 Å². The Morgan fingerprint density at radius 1 is 1.21 bits per heavy atom. The van der Waals surface area contributed by atoms with Gasteiger partial charge in [0.25, 0.3) is 0 Å². The zero-order chi connectivity index (χ0) is 17.3. The van der Waals surface area contributed by atoms with Gasteiger partial charge in [0.1, 0.15) is 5.82 Å². The number of carbonyl (C=O) groups excluding carboxylic acids is 1. The second-order valence-electron chi connectivity index (χ2n) is 6.28. The molecule has 0 saturated heterocycles. The lowest BCUT2D eigenvalue weighted by Gasteiger charge is -2.16. The highest BCUT2D eigenvalue weighted by atomic mass is 19.1. The Morgan fingerprint density at radius 3 is 2.54 bits per heavy atom. The Hall–Kier alpha value is -2.69. The average Bonchev–Trinajstić information content (AvgIpc) is 3.31. The first-order chi connectivity index (χ1) is 11.4. The molecular formula is C19H18FNO3. The van der Waals surface area contributed by atoms with Crippen LogP contribution in [0.4, 0.5) is 10.1 Å². The maximum atomic E-state index is 13.9. The minimum atomic E-state index is -1.10. The summed E-state index contributed by atoms with van der Waals surface area (Å²) in [5.41, 5.74) is 1.96. The number of aliphatic carboxylic acids is 1. The molecule has 3 rings (SSSR count). The van der Waals surface area contributed by atoms with Gasteiger partial charge in [0.15, 0.2) is 0 Å². The van der Waals surface area contributed by atoms with Gasteiger partial charge in [0.2, 0.25) is 5.91 Å². The van der Waals surface area contributed by atoms with Crippen molar-refractivity contribution in [1.29, 1.82) is 0 Å². The van der Waals surface area contributed by atoms with Gasteiger partial charge in [0, 0.05) is 5.69 Å². The van der Waals surface area contributed by atoms with Crippen LogP contribution in [0.1, 0.15) is 29.5 Å². The third-order valence-electron chi connectivity index (χ3n) is 4.41. The molecule has 0 heterocycles. The van der Waals surface area contributed by atoms with Gasteiger partial charge in [-0.05, 0) is 43.0 Å². The summed E-state index contributed by atoms with van der Waals surface area (Å²) in [5.74, 6) is -1.88. The first-order valence-electron chi connectivity index (χ1n) is 7.79. The van der Waals surface area contributed by atoms with Crippen molar-refractivity contribution in [3.8, 4) is 0 Å². The van der Waals surface area contributed by atoms with E-state index in [9.17, 15) is 14.0 Å². The van der Waals surface area contributed by atoms with Gasteiger partial charge in [-0.3, -0.25) is 9.59 Å². The Labute approximate surface area is 139 Å². The molecule has 24 heavy (non-hydrogen) atoms. The molecular weight excluding hydrogens is 309 g/mol. The Kier molecular flexibility index (Phi) is 4.09. The number of carbonyl (C=O) groups is 2. The molecule has 0 aromatic heterocycles. The van der Waals surface area contributed by atoms with Crippen LogP contribution in [0.25, 0.3) is 0 Å². The standard InChI is InChI=1S/C19H18FNO3/c1-12-3-2-4-14(9-12)19(7-8-19)18(24)21-15-6-5-13(10-17(22)23)16(20)11-15/h2-6,9,11H,7-8,10H2,1H3,(H,21,24)(H,22,23). The Balaban J connectivity index is 1.78. The Morgan fingerprint density at radius 2 is 1.96 bits per heavy atom. The smallest absolute Gasteiger partial charge is 0.307 e. The maximum absolute atomic E-state index is 13.9. The van der Waals surface area contributed by atoms with Gasteiger partial charge in [-0.25, -0.2) is 4.39 Å². The van der Waals surface area contributed by atoms with E-state index in [4.69, 9.17) is 5.11 Å². The zero-order valence-corrected chi connectivity index (χ0v) is 13.3. The van der Waals surface area contributed by atoms with Crippen molar-refractivity contribution < 1.29 is 19.1 Å². The molecule has 1 amide bonds. The molecule has 0 bridgehead atoms. The van der Waals surface area contributed by atoms with E-state index in [1.54, 1.807) is 0 Å². The normalized spacial score (nSPS) is 14.9. The molecule has 2 N–H and O–H groups in total. The van der Waals surface area contributed by atoms with E-state index in [1.165, 1.54) is 18.2 Å². The van der Waals surface area contributed by atoms with Crippen molar-refractivity contribution in [2.24, 2.45) is 0 Å². The minimum absolute atomic E-state index is 0.0975. The number of hydrogen-bond donors (Lipinski definition) is 2. The lowest BCUT2D eigenvalue weighted by molar-refractivity contribution is -0.136. The van der Waals surface area contributed by atoms with Crippen LogP contribution in [0, 0.1) is 12.7 Å². The number of hydrogen-bond acceptors (Lipinski definition) is 2. The van der Waals surface area contributed by atoms with Crippen LogP contribution in [0.2, 0.25) is 0 Å². The minimum Gasteiger partial charge on any atom is -0.481 e. The molecule has 2 aromatic rings. The number of carboxylic acid groups (broad SMARTS) is 1. The van der Waals surface area contributed by atoms with Crippen molar-refractivity contribution in [2.45, 2.75) is 31.6 Å². The molecule has 2 aromatic carbocycles. The summed E-state index contributed by atoms with van der Waals surface area (Å²) in [4.78, 5) is 23.3. The lowest BCUT2D eigenvalue weighted by atomic mass is 9.93. The SMILES string of the molecule is Cc1cccc(C2(C(=O)Nc3ccc(CC(=O)O)c(F)c3)CC2)c1. The molecule has 5 heteroatoms. The van der Waals surface area contributed by atoms with Crippen LogP contribution < -0.4 is 5.32 Å². The van der Waals surface area contributed by atoms with Crippen LogP contribution in [-0.4, -0.2) is 17.0 Å². The molecule has 0 radical (unpaired) electrons. The fourth-order valence-corrected chi connectivity index (χ4v) is 2.90. The zero-order valence-electron chi connectivity index (χ0n) is 13.3. The highest BCUT2D eigenvalue weighted by Gasteiger charge is 2.51. The number of amides is 1. The topological polar surface area (TPSA) is 66.4 Å². The highest BCUT2D eigenvalue weighted by Crippen LogP contribution is 2.49. The summed E-state index contributed by atoms with van der Waals surface area (Å²) in [5, 5.41) is 11.5. The van der Waals surface area contributed by atoms with Crippen LogP contribution in [-0.2, 0) is 21.4 Å². The van der Waals surface area contributed by atoms with Crippen LogP contribution >= 0.6 is 0 Å². The fourth-order valence-electron chi connectivity index (χ4n) is 2.90. The number of aryl methyl sites for hydroxylation is 1. The highest BCUT2D eigenvalue weighted by molar-refractivity contribution is 6.01. The number of nitrogens with one attached hydrogen (secondary N) is 1. The number of halogens is 1. The number of anilines is 1. The van der Waals surface area contributed by atoms with E-state index < -0.39 is 17.2 Å². The number of rotatable bonds is 5. The second-order valence-corrected chi connectivity index (χ2v) is 6.28. The van der Waals surface area contributed by atoms with Crippen molar-refractivity contribution in [3.63, 3.8) is 0 Å². The van der Waals surface area contributed by atoms with E-state index in [0.29, 0.717) is 5.69 Å². The number of benzene rings is 2. The largest absolute Gasteiger partial charge is 0.481 e. The molecule has 1 aliphatic carbocycles. The van der Waals surface area contributed by atoms with Crippen LogP contribution in [0.3, 0.4) is 0 Å².